The Kier molecular flexibility index (Phi) is 56.7. The Morgan fingerprint density at radius 2 is 0.585 bits per heavy atom. The number of amides is 1. The zero-order valence-corrected chi connectivity index (χ0v) is 44.8. The molecule has 0 aromatic heterocycles. The first-order valence-electron chi connectivity index (χ1n) is 30.4. The Labute approximate surface area is 409 Å². The van der Waals surface area contributed by atoms with Gasteiger partial charge in [-0.1, -0.05) is 321 Å². The van der Waals surface area contributed by atoms with Gasteiger partial charge in [-0.05, 0) is 38.5 Å². The molecule has 2 atom stereocenters. The summed E-state index contributed by atoms with van der Waals surface area (Å²) in [6.07, 6.45) is 75.1. The Morgan fingerprint density at radius 3 is 0.846 bits per heavy atom. The molecule has 388 valence electrons. The van der Waals surface area contributed by atoms with Crippen molar-refractivity contribution in [2.75, 3.05) is 6.61 Å². The molecular formula is C61H121NO3. The van der Waals surface area contributed by atoms with Gasteiger partial charge in [-0.2, -0.15) is 0 Å². The number of nitrogens with one attached hydrogen (secondary N) is 1. The second kappa shape index (κ2) is 57.4. The molecule has 65 heavy (non-hydrogen) atoms. The molecule has 0 rings (SSSR count). The number of hydrogen-bond donors (Lipinski definition) is 3. The lowest BCUT2D eigenvalue weighted by atomic mass is 10.0. The molecule has 0 saturated heterocycles. The largest absolute Gasteiger partial charge is 0.394 e. The zero-order valence-electron chi connectivity index (χ0n) is 44.8. The topological polar surface area (TPSA) is 69.6 Å². The molecule has 0 aliphatic rings. The van der Waals surface area contributed by atoms with E-state index in [4.69, 9.17) is 0 Å². The van der Waals surface area contributed by atoms with Gasteiger partial charge in [0.1, 0.15) is 0 Å². The fourth-order valence-corrected chi connectivity index (χ4v) is 9.89. The van der Waals surface area contributed by atoms with Crippen LogP contribution in [0.3, 0.4) is 0 Å². The Balaban J connectivity index is 3.40. The van der Waals surface area contributed by atoms with Crippen LogP contribution < -0.4 is 5.32 Å². The van der Waals surface area contributed by atoms with E-state index in [0.29, 0.717) is 12.8 Å². The smallest absolute Gasteiger partial charge is 0.220 e. The van der Waals surface area contributed by atoms with Crippen LogP contribution in [0.25, 0.3) is 0 Å². The molecule has 0 aliphatic carbocycles. The van der Waals surface area contributed by atoms with Gasteiger partial charge >= 0.3 is 0 Å². The van der Waals surface area contributed by atoms with Crippen LogP contribution in [0.1, 0.15) is 354 Å². The molecule has 0 bridgehead atoms. The molecule has 0 saturated carbocycles. The van der Waals surface area contributed by atoms with Crippen LogP contribution in [0.4, 0.5) is 0 Å². The minimum Gasteiger partial charge on any atom is -0.394 e. The maximum absolute atomic E-state index is 12.5. The number of aliphatic hydroxyl groups excluding tert-OH is 2. The fraction of sp³-hybridized carbons (Fsp3) is 0.951. The third-order valence-corrected chi connectivity index (χ3v) is 14.5. The van der Waals surface area contributed by atoms with Gasteiger partial charge in [0.25, 0.3) is 0 Å². The second-order valence-corrected chi connectivity index (χ2v) is 21.1. The molecule has 0 fully saturated rings. The molecule has 0 aromatic rings. The van der Waals surface area contributed by atoms with Crippen LogP contribution >= 0.6 is 0 Å². The Morgan fingerprint density at radius 1 is 0.354 bits per heavy atom. The lowest BCUT2D eigenvalue weighted by Crippen LogP contribution is -2.45. The summed E-state index contributed by atoms with van der Waals surface area (Å²) in [5.41, 5.74) is 0. The van der Waals surface area contributed by atoms with Crippen molar-refractivity contribution in [3.63, 3.8) is 0 Å². The average Bonchev–Trinajstić information content (AvgIpc) is 3.31. The molecule has 2 unspecified atom stereocenters. The minimum atomic E-state index is -0.657. The standard InChI is InChI=1S/C61H121NO3/c1-3-5-7-9-11-13-15-17-19-21-23-25-27-29-31-33-35-37-39-41-43-45-47-49-51-53-55-57-61(65)62-59(58-63)60(64)56-54-52-50-48-46-44-42-40-38-36-34-32-30-28-26-24-22-20-18-16-14-12-10-8-6-4-2/h21,23,59-60,63-64H,3-20,22,24-58H2,1-2H3,(H,62,65)/b23-21-. The molecule has 4 nitrogen and oxygen atoms in total. The van der Waals surface area contributed by atoms with Crippen molar-refractivity contribution in [3.8, 4) is 0 Å². The number of carbonyl (C=O) groups excluding carboxylic acids is 1. The predicted molar refractivity (Wildman–Crippen MR) is 290 cm³/mol. The van der Waals surface area contributed by atoms with E-state index in [2.05, 4.69) is 31.3 Å². The van der Waals surface area contributed by atoms with Crippen LogP contribution in [-0.2, 0) is 4.79 Å². The normalized spacial score (nSPS) is 12.7. The summed E-state index contributed by atoms with van der Waals surface area (Å²) in [4.78, 5) is 12.5. The summed E-state index contributed by atoms with van der Waals surface area (Å²) < 4.78 is 0. The van der Waals surface area contributed by atoms with Crippen molar-refractivity contribution < 1.29 is 15.0 Å². The van der Waals surface area contributed by atoms with Gasteiger partial charge in [0.15, 0.2) is 0 Å². The molecule has 0 spiro atoms. The highest BCUT2D eigenvalue weighted by Gasteiger charge is 2.20. The van der Waals surface area contributed by atoms with Gasteiger partial charge in [-0.3, -0.25) is 4.79 Å². The van der Waals surface area contributed by atoms with E-state index in [1.165, 1.54) is 302 Å². The predicted octanol–water partition coefficient (Wildman–Crippen LogP) is 20.1. The van der Waals surface area contributed by atoms with Crippen LogP contribution in [-0.4, -0.2) is 34.9 Å². The van der Waals surface area contributed by atoms with Gasteiger partial charge in [0.05, 0.1) is 18.8 Å². The van der Waals surface area contributed by atoms with Crippen molar-refractivity contribution in [1.82, 2.24) is 5.32 Å². The van der Waals surface area contributed by atoms with E-state index in [0.717, 1.165) is 25.7 Å². The first-order valence-corrected chi connectivity index (χ1v) is 30.4. The van der Waals surface area contributed by atoms with Crippen molar-refractivity contribution in [2.45, 2.75) is 366 Å². The van der Waals surface area contributed by atoms with E-state index in [1.807, 2.05) is 0 Å². The number of carbonyl (C=O) groups is 1. The third kappa shape index (κ3) is 53.9. The number of allylic oxidation sites excluding steroid dienone is 2. The average molecular weight is 917 g/mol. The van der Waals surface area contributed by atoms with Crippen LogP contribution in [0.2, 0.25) is 0 Å². The number of unbranched alkanes of at least 4 members (excludes halogenated alkanes) is 48. The Bertz CT molecular complexity index is 905. The highest BCUT2D eigenvalue weighted by atomic mass is 16.3. The monoisotopic (exact) mass is 916 g/mol. The Hall–Kier alpha value is -0.870. The van der Waals surface area contributed by atoms with Crippen molar-refractivity contribution in [2.24, 2.45) is 0 Å². The minimum absolute atomic E-state index is 0.0233. The lowest BCUT2D eigenvalue weighted by molar-refractivity contribution is -0.123. The summed E-state index contributed by atoms with van der Waals surface area (Å²) in [6, 6.07) is -0.534. The van der Waals surface area contributed by atoms with Gasteiger partial charge < -0.3 is 15.5 Å². The van der Waals surface area contributed by atoms with Crippen LogP contribution in [0.15, 0.2) is 12.2 Å². The number of hydrogen-bond acceptors (Lipinski definition) is 3. The summed E-state index contributed by atoms with van der Waals surface area (Å²) in [5.74, 6) is -0.0233. The molecular weight excluding hydrogens is 795 g/mol. The molecule has 0 aliphatic heterocycles. The molecule has 4 heteroatoms. The van der Waals surface area contributed by atoms with Crippen molar-refractivity contribution >= 4 is 5.91 Å². The van der Waals surface area contributed by atoms with Gasteiger partial charge in [-0.15, -0.1) is 0 Å². The molecule has 1 amide bonds. The summed E-state index contributed by atoms with van der Waals surface area (Å²) in [6.45, 7) is 4.40. The second-order valence-electron chi connectivity index (χ2n) is 21.1. The molecule has 3 N–H and O–H groups in total. The quantitative estimate of drug-likeness (QED) is 0.0421. The number of aliphatic hydroxyl groups is 2. The first-order chi connectivity index (χ1) is 32.2. The van der Waals surface area contributed by atoms with E-state index in [-0.39, 0.29) is 12.5 Å². The summed E-state index contributed by atoms with van der Waals surface area (Å²) in [7, 11) is 0. The van der Waals surface area contributed by atoms with Gasteiger partial charge in [0.2, 0.25) is 5.91 Å². The highest BCUT2D eigenvalue weighted by molar-refractivity contribution is 5.76. The maximum atomic E-state index is 12.5. The van der Waals surface area contributed by atoms with Crippen molar-refractivity contribution in [3.05, 3.63) is 12.2 Å². The zero-order chi connectivity index (χ0) is 47.0. The molecule has 0 heterocycles. The van der Waals surface area contributed by atoms with E-state index in [1.54, 1.807) is 0 Å². The molecule has 0 aromatic carbocycles. The number of rotatable bonds is 57. The third-order valence-electron chi connectivity index (χ3n) is 14.5. The SMILES string of the molecule is CCCCCCCCCC/C=C\CCCCCCCCCCCCCCCCCC(=O)NC(CO)C(O)CCCCCCCCCCCCCCCCCCCCCCCCCCCC. The molecule has 0 radical (unpaired) electrons. The van der Waals surface area contributed by atoms with E-state index >= 15 is 0 Å². The fourth-order valence-electron chi connectivity index (χ4n) is 9.89. The maximum Gasteiger partial charge on any atom is 0.220 e. The van der Waals surface area contributed by atoms with Gasteiger partial charge in [-0.25, -0.2) is 0 Å². The summed E-state index contributed by atoms with van der Waals surface area (Å²) >= 11 is 0. The summed E-state index contributed by atoms with van der Waals surface area (Å²) in [5, 5.41) is 23.4. The van der Waals surface area contributed by atoms with Crippen molar-refractivity contribution in [1.29, 1.82) is 0 Å². The van der Waals surface area contributed by atoms with E-state index < -0.39 is 12.1 Å². The van der Waals surface area contributed by atoms with E-state index in [9.17, 15) is 15.0 Å². The highest BCUT2D eigenvalue weighted by Crippen LogP contribution is 2.18. The van der Waals surface area contributed by atoms with Gasteiger partial charge in [0, 0.05) is 6.42 Å². The first kappa shape index (κ1) is 64.1. The van der Waals surface area contributed by atoms with Crippen LogP contribution in [0.5, 0.6) is 0 Å². The lowest BCUT2D eigenvalue weighted by Gasteiger charge is -2.22. The van der Waals surface area contributed by atoms with Crippen LogP contribution in [0, 0.1) is 0 Å².